The highest BCUT2D eigenvalue weighted by molar-refractivity contribution is 7.85. The maximum Gasteiger partial charge on any atom is 0.407 e. The monoisotopic (exact) mass is 444 g/mol. The molecule has 0 spiro atoms. The zero-order valence-electron chi connectivity index (χ0n) is 18.3. The average molecular weight is 445 g/mol. The van der Waals surface area contributed by atoms with Crippen molar-refractivity contribution in [3.63, 3.8) is 0 Å². The number of hydrogen-bond donors (Lipinski definition) is 2. The molecule has 8 heteroatoms. The summed E-state index contributed by atoms with van der Waals surface area (Å²) >= 11 is 0. The first-order valence-electron chi connectivity index (χ1n) is 10.9. The Labute approximate surface area is 181 Å². The molecule has 0 bridgehead atoms. The second-order valence-electron chi connectivity index (χ2n) is 7.52. The molecule has 3 N–H and O–H groups in total. The van der Waals surface area contributed by atoms with Gasteiger partial charge >= 0.3 is 16.2 Å². The summed E-state index contributed by atoms with van der Waals surface area (Å²) in [6.07, 6.45) is 9.62. The summed E-state index contributed by atoms with van der Waals surface area (Å²) in [5.41, 5.74) is 0.905. The molecule has 7 nitrogen and oxygen atoms in total. The van der Waals surface area contributed by atoms with Crippen molar-refractivity contribution in [2.45, 2.75) is 77.2 Å². The molecule has 0 aromatic heterocycles. The Morgan fingerprint density at radius 2 is 1.67 bits per heavy atom. The van der Waals surface area contributed by atoms with Crippen molar-refractivity contribution in [2.24, 2.45) is 0 Å². The van der Waals surface area contributed by atoms with Crippen LogP contribution >= 0.6 is 0 Å². The van der Waals surface area contributed by atoms with E-state index in [2.05, 4.69) is 12.2 Å². The van der Waals surface area contributed by atoms with Crippen molar-refractivity contribution in [3.8, 4) is 5.75 Å². The Balaban J connectivity index is 2.48. The van der Waals surface area contributed by atoms with Gasteiger partial charge in [0.15, 0.2) is 0 Å². The highest BCUT2D eigenvalue weighted by atomic mass is 32.2. The predicted octanol–water partition coefficient (Wildman–Crippen LogP) is 5.43. The van der Waals surface area contributed by atoms with Crippen molar-refractivity contribution < 1.29 is 27.2 Å². The number of amides is 1. The van der Waals surface area contributed by atoms with Gasteiger partial charge in [-0.1, -0.05) is 64.0 Å². The van der Waals surface area contributed by atoms with Crippen molar-refractivity contribution in [2.75, 3.05) is 19.4 Å². The largest absolute Gasteiger partial charge is 0.497 e. The fraction of sp³-hybridized carbons (Fsp3) is 0.682. The molecule has 1 aromatic carbocycles. The number of rotatable bonds is 16. The quantitative estimate of drug-likeness (QED) is 0.201. The minimum absolute atomic E-state index is 0.157. The first-order chi connectivity index (χ1) is 14.4. The molecule has 172 valence electrons. The summed E-state index contributed by atoms with van der Waals surface area (Å²) in [5, 5.41) is 2.57. The molecule has 0 saturated heterocycles. The van der Waals surface area contributed by atoms with E-state index in [1.165, 1.54) is 38.5 Å². The normalized spacial score (nSPS) is 14.0. The van der Waals surface area contributed by atoms with E-state index < -0.39 is 16.2 Å². The Morgan fingerprint density at radius 3 is 2.23 bits per heavy atom. The third-order valence-electron chi connectivity index (χ3n) is 4.91. The maximum absolute atomic E-state index is 12.2. The summed E-state index contributed by atoms with van der Waals surface area (Å²) in [5.74, 6) is 0.457. The highest BCUT2D eigenvalue weighted by Crippen LogP contribution is 2.26. The smallest absolute Gasteiger partial charge is 0.407 e. The standard InChI is InChI=1S/C22H37NO6S/c1-3-4-5-6-7-8-9-10-12-21(19-13-15-20(28-2)16-14-19)29-22(24)23-17-11-18-30(25,26)27/h13-16,21H,3-12,17-18H2,1-2H3,(H,23,24)(H,25,26,27)/p+1. The number of carbonyl (C=O) groups excluding carboxylic acids is 1. The minimum atomic E-state index is -3.77. The molecule has 2 unspecified atom stereocenters. The Bertz CT molecular complexity index is 690. The zero-order valence-corrected chi connectivity index (χ0v) is 19.1. The van der Waals surface area contributed by atoms with Crippen molar-refractivity contribution in [3.05, 3.63) is 29.8 Å². The summed E-state index contributed by atoms with van der Waals surface area (Å²) < 4.78 is 39.4. The summed E-state index contributed by atoms with van der Waals surface area (Å²) in [7, 11) is -2.17. The van der Waals surface area contributed by atoms with E-state index >= 15 is 0 Å². The molecule has 2 atom stereocenters. The van der Waals surface area contributed by atoms with Crippen molar-refractivity contribution in [1.82, 2.24) is 5.32 Å². The number of unbranched alkanes of at least 4 members (excludes halogenated alkanes) is 7. The van der Waals surface area contributed by atoms with E-state index in [-0.39, 0.29) is 24.8 Å². The van der Waals surface area contributed by atoms with Crippen LogP contribution < -0.4 is 10.1 Å². The molecular weight excluding hydrogens is 406 g/mol. The summed E-state index contributed by atoms with van der Waals surface area (Å²) in [4.78, 5) is 12.2. The second-order valence-corrected chi connectivity index (χ2v) is 9.14. The fourth-order valence-corrected chi connectivity index (χ4v) is 3.72. The zero-order chi connectivity index (χ0) is 22.2. The van der Waals surface area contributed by atoms with Crippen LogP contribution in [0.4, 0.5) is 4.79 Å². The van der Waals surface area contributed by atoms with Crippen LogP contribution in [0.25, 0.3) is 0 Å². The van der Waals surface area contributed by atoms with Crippen LogP contribution in [-0.4, -0.2) is 38.5 Å². The van der Waals surface area contributed by atoms with Gasteiger partial charge < -0.3 is 14.8 Å². The highest BCUT2D eigenvalue weighted by Gasteiger charge is 2.17. The number of hydrogen-bond acceptors (Lipinski definition) is 4. The summed E-state index contributed by atoms with van der Waals surface area (Å²) in [6, 6.07) is 7.48. The third kappa shape index (κ3) is 12.7. The first kappa shape index (κ1) is 26.2. The molecule has 30 heavy (non-hydrogen) atoms. The lowest BCUT2D eigenvalue weighted by atomic mass is 10.0. The van der Waals surface area contributed by atoms with Gasteiger partial charge in [0.2, 0.25) is 0 Å². The van der Waals surface area contributed by atoms with Crippen LogP contribution in [-0.2, 0) is 14.9 Å². The summed E-state index contributed by atoms with van der Waals surface area (Å²) in [6.45, 7) is 2.37. The van der Waals surface area contributed by atoms with Crippen LogP contribution in [0.15, 0.2) is 24.3 Å². The van der Waals surface area contributed by atoms with Gasteiger partial charge in [0.1, 0.15) is 17.6 Å². The number of methoxy groups -OCH3 is 1. The van der Waals surface area contributed by atoms with Gasteiger partial charge in [-0.25, -0.2) is 13.6 Å². The molecule has 0 aliphatic rings. The Morgan fingerprint density at radius 1 is 1.07 bits per heavy atom. The van der Waals surface area contributed by atoms with Crippen LogP contribution in [0.1, 0.15) is 82.8 Å². The topological polar surface area (TPSA) is 106 Å². The van der Waals surface area contributed by atoms with Gasteiger partial charge in [0.25, 0.3) is 0 Å². The Kier molecular flexibility index (Phi) is 13.2. The molecule has 0 heterocycles. The SMILES string of the molecule is CCCCCCCCCCC(OC(=O)NCCCS(=O)(O)=[OH+])c1ccc(OC)cc1. The number of nitrogens with one attached hydrogen (secondary N) is 1. The number of ether oxygens (including phenoxy) is 2. The molecule has 0 aliphatic heterocycles. The molecule has 1 aromatic rings. The molecule has 0 aliphatic carbocycles. The molecular formula is C22H38NO6S+. The van der Waals surface area contributed by atoms with Gasteiger partial charge in [-0.15, -0.1) is 0 Å². The Hall–Kier alpha value is -1.80. The van der Waals surface area contributed by atoms with Crippen molar-refractivity contribution in [1.29, 1.82) is 0 Å². The van der Waals surface area contributed by atoms with Gasteiger partial charge in [-0.05, 0) is 37.0 Å². The average Bonchev–Trinajstić information content (AvgIpc) is 2.71. The molecule has 1 rings (SSSR count). The van der Waals surface area contributed by atoms with Crippen LogP contribution in [0.2, 0.25) is 0 Å². The second kappa shape index (κ2) is 15.1. The van der Waals surface area contributed by atoms with E-state index in [9.17, 15) is 9.00 Å². The van der Waals surface area contributed by atoms with Gasteiger partial charge in [-0.3, -0.25) is 0 Å². The van der Waals surface area contributed by atoms with E-state index in [1.807, 2.05) is 24.3 Å². The molecule has 1 amide bonds. The van der Waals surface area contributed by atoms with E-state index in [4.69, 9.17) is 18.2 Å². The van der Waals surface area contributed by atoms with Crippen LogP contribution in [0.3, 0.4) is 0 Å². The van der Waals surface area contributed by atoms with E-state index in [1.54, 1.807) is 7.11 Å². The van der Waals surface area contributed by atoms with Crippen LogP contribution in [0, 0.1) is 0 Å². The van der Waals surface area contributed by atoms with Crippen LogP contribution in [0.5, 0.6) is 5.75 Å². The van der Waals surface area contributed by atoms with Gasteiger partial charge in [-0.2, -0.15) is 4.21 Å². The van der Waals surface area contributed by atoms with Gasteiger partial charge in [0, 0.05) is 6.54 Å². The number of carbonyl (C=O) groups is 1. The van der Waals surface area contributed by atoms with Crippen molar-refractivity contribution >= 4 is 16.2 Å². The molecule has 0 saturated carbocycles. The molecule has 0 radical (unpaired) electrons. The lowest BCUT2D eigenvalue weighted by Gasteiger charge is -2.19. The predicted molar refractivity (Wildman–Crippen MR) is 120 cm³/mol. The fourth-order valence-electron chi connectivity index (χ4n) is 3.20. The number of benzene rings is 1. The van der Waals surface area contributed by atoms with E-state index in [0.29, 0.717) is 0 Å². The number of alkyl carbamates (subject to hydrolysis) is 1. The first-order valence-corrected chi connectivity index (χ1v) is 12.5. The lowest BCUT2D eigenvalue weighted by Crippen LogP contribution is -2.28. The molecule has 0 fully saturated rings. The lowest BCUT2D eigenvalue weighted by molar-refractivity contribution is 0.0908. The minimum Gasteiger partial charge on any atom is -0.497 e. The third-order valence-corrected chi connectivity index (χ3v) is 5.73. The van der Waals surface area contributed by atoms with E-state index in [0.717, 1.165) is 30.6 Å². The van der Waals surface area contributed by atoms with Gasteiger partial charge in [0.05, 0.1) is 7.11 Å². The maximum atomic E-state index is 12.2.